The first kappa shape index (κ1) is 18.5. The Morgan fingerprint density at radius 3 is 2.41 bits per heavy atom. The number of carboxylic acids is 1. The summed E-state index contributed by atoms with van der Waals surface area (Å²) in [6.45, 7) is 3.86. The topological polar surface area (TPSA) is 95.6 Å². The number of thiocarbonyl (C=S) groups is 1. The molecule has 6 heteroatoms. The highest BCUT2D eigenvalue weighted by atomic mass is 32.1. The minimum absolute atomic E-state index is 0.0801. The molecule has 0 aliphatic rings. The quantitative estimate of drug-likeness (QED) is 0.539. The molecule has 0 saturated carbocycles. The number of nitrogens with one attached hydrogen (secondary N) is 1. The average molecular weight is 324 g/mol. The SMILES string of the molecule is CC(C)C[C@H](NC(=S)[C@H](O)[C@H](N)Cc1ccccc1)C(=O)O. The highest BCUT2D eigenvalue weighted by Crippen LogP contribution is 2.08. The van der Waals surface area contributed by atoms with Crippen LogP contribution < -0.4 is 11.1 Å². The number of rotatable bonds is 8. The molecule has 5 N–H and O–H groups in total. The Hall–Kier alpha value is -1.50. The molecule has 0 heterocycles. The smallest absolute Gasteiger partial charge is 0.326 e. The van der Waals surface area contributed by atoms with Crippen molar-refractivity contribution >= 4 is 23.2 Å². The maximum atomic E-state index is 11.2. The van der Waals surface area contributed by atoms with E-state index in [1.54, 1.807) is 0 Å². The number of aliphatic hydroxyl groups excluding tert-OH is 1. The van der Waals surface area contributed by atoms with E-state index in [0.29, 0.717) is 12.8 Å². The van der Waals surface area contributed by atoms with E-state index < -0.39 is 24.2 Å². The van der Waals surface area contributed by atoms with E-state index in [2.05, 4.69) is 5.32 Å². The van der Waals surface area contributed by atoms with Crippen LogP contribution in [0.1, 0.15) is 25.8 Å². The summed E-state index contributed by atoms with van der Waals surface area (Å²) >= 11 is 5.11. The first-order chi connectivity index (χ1) is 10.3. The van der Waals surface area contributed by atoms with Crippen molar-refractivity contribution in [2.75, 3.05) is 0 Å². The maximum Gasteiger partial charge on any atom is 0.326 e. The van der Waals surface area contributed by atoms with Gasteiger partial charge in [0.2, 0.25) is 0 Å². The molecule has 0 bridgehead atoms. The Bertz CT molecular complexity index is 493. The Balaban J connectivity index is 2.61. The predicted octanol–water partition coefficient (Wildman–Crippen LogP) is 1.33. The Kier molecular flexibility index (Phi) is 7.44. The monoisotopic (exact) mass is 324 g/mol. The third kappa shape index (κ3) is 6.09. The van der Waals surface area contributed by atoms with Gasteiger partial charge in [-0.1, -0.05) is 56.4 Å². The fraction of sp³-hybridized carbons (Fsp3) is 0.500. The summed E-state index contributed by atoms with van der Waals surface area (Å²) in [7, 11) is 0. The van der Waals surface area contributed by atoms with Crippen LogP contribution >= 0.6 is 12.2 Å². The first-order valence-corrected chi connectivity index (χ1v) is 7.72. The average Bonchev–Trinajstić information content (AvgIpc) is 2.46. The van der Waals surface area contributed by atoms with E-state index in [9.17, 15) is 15.0 Å². The lowest BCUT2D eigenvalue weighted by atomic mass is 10.0. The summed E-state index contributed by atoms with van der Waals surface area (Å²) in [4.78, 5) is 11.3. The molecule has 1 aromatic rings. The summed E-state index contributed by atoms with van der Waals surface area (Å²) in [5.74, 6) is -0.786. The van der Waals surface area contributed by atoms with Crippen molar-refractivity contribution in [3.8, 4) is 0 Å². The van der Waals surface area contributed by atoms with Gasteiger partial charge in [0, 0.05) is 6.04 Å². The maximum absolute atomic E-state index is 11.2. The van der Waals surface area contributed by atoms with Gasteiger partial charge >= 0.3 is 5.97 Å². The third-order valence-corrected chi connectivity index (χ3v) is 3.67. The predicted molar refractivity (Wildman–Crippen MR) is 90.7 cm³/mol. The van der Waals surface area contributed by atoms with Crippen LogP contribution in [0.5, 0.6) is 0 Å². The summed E-state index contributed by atoms with van der Waals surface area (Å²) in [6, 6.07) is 8.13. The zero-order chi connectivity index (χ0) is 16.7. The van der Waals surface area contributed by atoms with Gasteiger partial charge < -0.3 is 21.3 Å². The van der Waals surface area contributed by atoms with Crippen LogP contribution in [0, 0.1) is 5.92 Å². The van der Waals surface area contributed by atoms with Crippen LogP contribution in [-0.4, -0.2) is 39.4 Å². The Morgan fingerprint density at radius 2 is 1.91 bits per heavy atom. The molecule has 0 saturated heterocycles. The highest BCUT2D eigenvalue weighted by molar-refractivity contribution is 7.80. The van der Waals surface area contributed by atoms with Crippen molar-refractivity contribution in [2.24, 2.45) is 11.7 Å². The van der Waals surface area contributed by atoms with Crippen LogP contribution in [0.15, 0.2) is 30.3 Å². The number of hydrogen-bond acceptors (Lipinski definition) is 4. The minimum atomic E-state index is -1.08. The lowest BCUT2D eigenvalue weighted by Gasteiger charge is -2.24. The lowest BCUT2D eigenvalue weighted by Crippen LogP contribution is -2.51. The number of benzene rings is 1. The van der Waals surface area contributed by atoms with Gasteiger partial charge in [-0.2, -0.15) is 0 Å². The van der Waals surface area contributed by atoms with Gasteiger partial charge in [0.05, 0.1) is 0 Å². The van der Waals surface area contributed by atoms with E-state index in [1.165, 1.54) is 0 Å². The molecule has 0 fully saturated rings. The summed E-state index contributed by atoms with van der Waals surface area (Å²) in [5.41, 5.74) is 6.97. The molecule has 1 aromatic carbocycles. The highest BCUT2D eigenvalue weighted by Gasteiger charge is 2.25. The van der Waals surface area contributed by atoms with Crippen LogP contribution in [0.25, 0.3) is 0 Å². The van der Waals surface area contributed by atoms with Gasteiger partial charge in [0.15, 0.2) is 0 Å². The van der Waals surface area contributed by atoms with Crippen molar-refractivity contribution in [1.29, 1.82) is 0 Å². The fourth-order valence-electron chi connectivity index (χ4n) is 2.14. The van der Waals surface area contributed by atoms with Crippen LogP contribution in [-0.2, 0) is 11.2 Å². The largest absolute Gasteiger partial charge is 0.480 e. The third-order valence-electron chi connectivity index (χ3n) is 3.31. The first-order valence-electron chi connectivity index (χ1n) is 7.32. The molecule has 122 valence electrons. The zero-order valence-corrected chi connectivity index (χ0v) is 13.7. The molecule has 0 amide bonds. The molecule has 1 rings (SSSR count). The molecule has 5 nitrogen and oxygen atoms in total. The van der Waals surface area contributed by atoms with Crippen LogP contribution in [0.4, 0.5) is 0 Å². The summed E-state index contributed by atoms with van der Waals surface area (Å²) < 4.78 is 0. The second-order valence-corrected chi connectivity index (χ2v) is 6.27. The molecule has 3 atom stereocenters. The molecule has 0 aliphatic carbocycles. The Labute approximate surface area is 136 Å². The normalized spacial score (nSPS) is 15.1. The second kappa shape index (κ2) is 8.82. The van der Waals surface area contributed by atoms with Crippen LogP contribution in [0.2, 0.25) is 0 Å². The van der Waals surface area contributed by atoms with Crippen molar-refractivity contribution in [3.63, 3.8) is 0 Å². The van der Waals surface area contributed by atoms with E-state index in [1.807, 2.05) is 44.2 Å². The van der Waals surface area contributed by atoms with Gasteiger partial charge in [-0.15, -0.1) is 0 Å². The van der Waals surface area contributed by atoms with E-state index in [0.717, 1.165) is 5.56 Å². The molecular weight excluding hydrogens is 300 g/mol. The number of aliphatic hydroxyl groups is 1. The molecule has 0 aliphatic heterocycles. The van der Waals surface area contributed by atoms with Gasteiger partial charge in [0.1, 0.15) is 17.1 Å². The number of nitrogens with two attached hydrogens (primary N) is 1. The number of carboxylic acid groups (broad SMARTS) is 1. The van der Waals surface area contributed by atoms with Crippen molar-refractivity contribution in [1.82, 2.24) is 5.32 Å². The van der Waals surface area contributed by atoms with Gasteiger partial charge in [0.25, 0.3) is 0 Å². The Morgan fingerprint density at radius 1 is 1.32 bits per heavy atom. The van der Waals surface area contributed by atoms with Crippen molar-refractivity contribution < 1.29 is 15.0 Å². The number of carbonyl (C=O) groups is 1. The number of aliphatic carboxylic acids is 1. The molecular formula is C16H24N2O3S. The van der Waals surface area contributed by atoms with Crippen molar-refractivity contribution in [3.05, 3.63) is 35.9 Å². The van der Waals surface area contributed by atoms with E-state index in [4.69, 9.17) is 18.0 Å². The summed E-state index contributed by atoms with van der Waals surface area (Å²) in [5, 5.41) is 22.1. The fourth-order valence-corrected chi connectivity index (χ4v) is 2.46. The lowest BCUT2D eigenvalue weighted by molar-refractivity contribution is -0.139. The molecule has 0 unspecified atom stereocenters. The van der Waals surface area contributed by atoms with Gasteiger partial charge in [-0.25, -0.2) is 4.79 Å². The standard InChI is InChI=1S/C16H24N2O3S/c1-10(2)8-13(16(20)21)18-15(22)14(19)12(17)9-11-6-4-3-5-7-11/h3-7,10,12-14,19H,8-9,17H2,1-2H3,(H,18,22)(H,20,21)/t12-,13+,14-/m1/s1. The van der Waals surface area contributed by atoms with E-state index >= 15 is 0 Å². The van der Waals surface area contributed by atoms with Crippen molar-refractivity contribution in [2.45, 2.75) is 44.9 Å². The second-order valence-electron chi connectivity index (χ2n) is 5.83. The minimum Gasteiger partial charge on any atom is -0.480 e. The number of hydrogen-bond donors (Lipinski definition) is 4. The molecule has 0 radical (unpaired) electrons. The summed E-state index contributed by atoms with van der Waals surface area (Å²) in [6.07, 6.45) is -0.189. The van der Waals surface area contributed by atoms with Gasteiger partial charge in [-0.05, 0) is 24.3 Å². The molecule has 22 heavy (non-hydrogen) atoms. The molecule has 0 spiro atoms. The van der Waals surface area contributed by atoms with Gasteiger partial charge in [-0.3, -0.25) is 0 Å². The van der Waals surface area contributed by atoms with E-state index in [-0.39, 0.29) is 10.9 Å². The molecule has 0 aromatic heterocycles. The zero-order valence-electron chi connectivity index (χ0n) is 12.9. The van der Waals surface area contributed by atoms with Crippen LogP contribution in [0.3, 0.4) is 0 Å².